The largest absolute Gasteiger partial charge is 0.387 e. The second-order valence-electron chi connectivity index (χ2n) is 5.82. The third-order valence-electron chi connectivity index (χ3n) is 4.13. The van der Waals surface area contributed by atoms with Crippen molar-refractivity contribution < 1.29 is 5.11 Å². The van der Waals surface area contributed by atoms with Gasteiger partial charge in [0.25, 0.3) is 5.56 Å². The van der Waals surface area contributed by atoms with Crippen LogP contribution in [0.5, 0.6) is 0 Å². The second-order valence-corrected chi connectivity index (χ2v) is 6.85. The van der Waals surface area contributed by atoms with Gasteiger partial charge in [0.05, 0.1) is 24.4 Å². The molecule has 0 saturated heterocycles. The molecule has 25 heavy (non-hydrogen) atoms. The molecule has 4 nitrogen and oxygen atoms in total. The third-order valence-corrected chi connectivity index (χ3v) is 5.22. The Bertz CT molecular complexity index is 1060. The van der Waals surface area contributed by atoms with Crippen molar-refractivity contribution in [3.8, 4) is 10.4 Å². The van der Waals surface area contributed by atoms with Gasteiger partial charge in [0.15, 0.2) is 0 Å². The van der Waals surface area contributed by atoms with Gasteiger partial charge in [0.2, 0.25) is 0 Å². The van der Waals surface area contributed by atoms with Crippen LogP contribution >= 0.6 is 11.3 Å². The maximum absolute atomic E-state index is 12.8. The lowest BCUT2D eigenvalue weighted by molar-refractivity contribution is 0.155. The van der Waals surface area contributed by atoms with Crippen molar-refractivity contribution in [3.05, 3.63) is 89.0 Å². The number of aliphatic hydroxyl groups is 1. The molecule has 0 bridgehead atoms. The van der Waals surface area contributed by atoms with E-state index in [-0.39, 0.29) is 12.1 Å². The van der Waals surface area contributed by atoms with E-state index in [0.29, 0.717) is 10.2 Å². The summed E-state index contributed by atoms with van der Waals surface area (Å²) in [4.78, 5) is 18.9. The van der Waals surface area contributed by atoms with Crippen LogP contribution in [0.15, 0.2) is 77.9 Å². The molecule has 2 heterocycles. The highest BCUT2D eigenvalue weighted by Gasteiger charge is 2.13. The first-order chi connectivity index (χ1) is 12.2. The van der Waals surface area contributed by atoms with Gasteiger partial charge in [-0.05, 0) is 17.2 Å². The highest BCUT2D eigenvalue weighted by molar-refractivity contribution is 7.21. The highest BCUT2D eigenvalue weighted by atomic mass is 32.1. The zero-order chi connectivity index (χ0) is 17.2. The monoisotopic (exact) mass is 348 g/mol. The van der Waals surface area contributed by atoms with Gasteiger partial charge in [0, 0.05) is 4.88 Å². The molecule has 2 aromatic carbocycles. The average molecular weight is 348 g/mol. The summed E-state index contributed by atoms with van der Waals surface area (Å²) in [5.74, 6) is 0. The minimum Gasteiger partial charge on any atom is -0.387 e. The van der Waals surface area contributed by atoms with E-state index in [9.17, 15) is 9.90 Å². The Kier molecular flexibility index (Phi) is 4.17. The number of benzene rings is 2. The predicted molar refractivity (Wildman–Crippen MR) is 101 cm³/mol. The molecule has 1 atom stereocenters. The van der Waals surface area contributed by atoms with E-state index in [1.165, 1.54) is 22.2 Å². The molecule has 2 aromatic heterocycles. The standard InChI is InChI=1S/C20H16N2O2S/c23-17(14-7-3-1-4-8-14)12-22-13-21-19-16(20(22)24)11-18(25-19)15-9-5-2-6-10-15/h1-11,13,17,23H,12H2. The first-order valence-electron chi connectivity index (χ1n) is 8.00. The summed E-state index contributed by atoms with van der Waals surface area (Å²) in [6, 6.07) is 21.2. The first-order valence-corrected chi connectivity index (χ1v) is 8.81. The molecule has 1 unspecified atom stereocenters. The van der Waals surface area contributed by atoms with E-state index in [2.05, 4.69) is 4.98 Å². The fraction of sp³-hybridized carbons (Fsp3) is 0.100. The molecule has 4 rings (SSSR count). The van der Waals surface area contributed by atoms with E-state index >= 15 is 0 Å². The number of aliphatic hydroxyl groups excluding tert-OH is 1. The van der Waals surface area contributed by atoms with Gasteiger partial charge < -0.3 is 5.11 Å². The molecule has 0 amide bonds. The van der Waals surface area contributed by atoms with Gasteiger partial charge in [-0.15, -0.1) is 11.3 Å². The van der Waals surface area contributed by atoms with Gasteiger partial charge in [0.1, 0.15) is 4.83 Å². The van der Waals surface area contributed by atoms with Gasteiger partial charge in [-0.2, -0.15) is 0 Å². The van der Waals surface area contributed by atoms with Crippen molar-refractivity contribution in [1.82, 2.24) is 9.55 Å². The van der Waals surface area contributed by atoms with Crippen molar-refractivity contribution in [3.63, 3.8) is 0 Å². The molecule has 0 aliphatic carbocycles. The molecule has 0 spiro atoms. The maximum Gasteiger partial charge on any atom is 0.262 e. The number of aromatic nitrogens is 2. The number of hydrogen-bond acceptors (Lipinski definition) is 4. The molecule has 5 heteroatoms. The fourth-order valence-corrected chi connectivity index (χ4v) is 3.80. The Labute approximate surface area is 148 Å². The number of hydrogen-bond donors (Lipinski definition) is 1. The van der Waals surface area contributed by atoms with E-state index in [1.54, 1.807) is 0 Å². The summed E-state index contributed by atoms with van der Waals surface area (Å²) in [6.45, 7) is 0.183. The Morgan fingerprint density at radius 3 is 2.44 bits per heavy atom. The molecule has 0 saturated carbocycles. The lowest BCUT2D eigenvalue weighted by Crippen LogP contribution is -2.23. The van der Waals surface area contributed by atoms with E-state index in [0.717, 1.165) is 16.0 Å². The van der Waals surface area contributed by atoms with Crippen LogP contribution in [0.3, 0.4) is 0 Å². The summed E-state index contributed by atoms with van der Waals surface area (Å²) in [7, 11) is 0. The zero-order valence-corrected chi connectivity index (χ0v) is 14.2. The molecular weight excluding hydrogens is 332 g/mol. The quantitative estimate of drug-likeness (QED) is 0.609. The average Bonchev–Trinajstić information content (AvgIpc) is 3.11. The predicted octanol–water partition coefficient (Wildman–Crippen LogP) is 3.86. The third kappa shape index (κ3) is 3.12. The smallest absolute Gasteiger partial charge is 0.262 e. The fourth-order valence-electron chi connectivity index (χ4n) is 2.80. The lowest BCUT2D eigenvalue weighted by atomic mass is 10.1. The Morgan fingerprint density at radius 1 is 1.04 bits per heavy atom. The van der Waals surface area contributed by atoms with Crippen LogP contribution in [-0.4, -0.2) is 14.7 Å². The van der Waals surface area contributed by atoms with Crippen molar-refractivity contribution in [2.45, 2.75) is 12.6 Å². The zero-order valence-electron chi connectivity index (χ0n) is 13.4. The van der Waals surface area contributed by atoms with Gasteiger partial charge in [-0.3, -0.25) is 9.36 Å². The molecule has 0 radical (unpaired) electrons. The summed E-state index contributed by atoms with van der Waals surface area (Å²) in [5.41, 5.74) is 1.73. The molecular formula is C20H16N2O2S. The lowest BCUT2D eigenvalue weighted by Gasteiger charge is -2.12. The molecule has 124 valence electrons. The van der Waals surface area contributed by atoms with Crippen LogP contribution in [-0.2, 0) is 6.54 Å². The summed E-state index contributed by atoms with van der Waals surface area (Å²) in [5, 5.41) is 11.0. The van der Waals surface area contributed by atoms with Crippen LogP contribution in [0.4, 0.5) is 0 Å². The van der Waals surface area contributed by atoms with Crippen LogP contribution in [0.2, 0.25) is 0 Å². The van der Waals surface area contributed by atoms with Crippen LogP contribution in [0.25, 0.3) is 20.7 Å². The normalized spacial score (nSPS) is 12.4. The topological polar surface area (TPSA) is 55.1 Å². The maximum atomic E-state index is 12.8. The Morgan fingerprint density at radius 2 is 1.72 bits per heavy atom. The van der Waals surface area contributed by atoms with Gasteiger partial charge in [-0.1, -0.05) is 60.7 Å². The summed E-state index contributed by atoms with van der Waals surface area (Å²) in [6.07, 6.45) is 0.771. The second kappa shape index (κ2) is 6.63. The van der Waals surface area contributed by atoms with Crippen molar-refractivity contribution in [1.29, 1.82) is 0 Å². The number of thiophene rings is 1. The summed E-state index contributed by atoms with van der Waals surface area (Å²) >= 11 is 1.50. The molecule has 0 fully saturated rings. The van der Waals surface area contributed by atoms with Crippen molar-refractivity contribution in [2.24, 2.45) is 0 Å². The highest BCUT2D eigenvalue weighted by Crippen LogP contribution is 2.30. The Balaban J connectivity index is 1.70. The van der Waals surface area contributed by atoms with Crippen LogP contribution < -0.4 is 5.56 Å². The van der Waals surface area contributed by atoms with E-state index < -0.39 is 6.10 Å². The molecule has 4 aromatic rings. The number of nitrogens with zero attached hydrogens (tertiary/aromatic N) is 2. The SMILES string of the molecule is O=c1c2cc(-c3ccccc3)sc2ncn1CC(O)c1ccccc1. The number of fused-ring (bicyclic) bond motifs is 1. The van der Waals surface area contributed by atoms with Gasteiger partial charge in [-0.25, -0.2) is 4.98 Å². The van der Waals surface area contributed by atoms with Crippen LogP contribution in [0.1, 0.15) is 11.7 Å². The molecule has 0 aliphatic rings. The van der Waals surface area contributed by atoms with Crippen LogP contribution in [0, 0.1) is 0 Å². The number of rotatable bonds is 4. The first kappa shape index (κ1) is 15.7. The van der Waals surface area contributed by atoms with Crippen molar-refractivity contribution in [2.75, 3.05) is 0 Å². The Hall–Kier alpha value is -2.76. The molecule has 0 aliphatic heterocycles. The minimum absolute atomic E-state index is 0.126. The summed E-state index contributed by atoms with van der Waals surface area (Å²) < 4.78 is 1.47. The molecule has 1 N–H and O–H groups in total. The minimum atomic E-state index is -0.745. The van der Waals surface area contributed by atoms with Gasteiger partial charge >= 0.3 is 0 Å². The van der Waals surface area contributed by atoms with Crippen molar-refractivity contribution >= 4 is 21.6 Å². The van der Waals surface area contributed by atoms with E-state index in [1.807, 2.05) is 66.7 Å². The van der Waals surface area contributed by atoms with E-state index in [4.69, 9.17) is 0 Å².